The molecule has 5 heteroatoms. The Hall–Kier alpha value is -0.320. The van der Waals surface area contributed by atoms with Gasteiger partial charge in [0.1, 0.15) is 6.04 Å². The van der Waals surface area contributed by atoms with Crippen LogP contribution in [0, 0.1) is 0 Å². The van der Waals surface area contributed by atoms with Crippen molar-refractivity contribution < 1.29 is 14.3 Å². The first-order chi connectivity index (χ1) is 5.37. The van der Waals surface area contributed by atoms with E-state index < -0.39 is 12.0 Å². The summed E-state index contributed by atoms with van der Waals surface area (Å²) in [5, 5.41) is 0. The Morgan fingerprint density at radius 1 is 1.46 bits per heavy atom. The highest BCUT2D eigenvalue weighted by Gasteiger charge is 2.18. The molecule has 80 valence electrons. The molecule has 0 aliphatic rings. The van der Waals surface area contributed by atoms with Gasteiger partial charge in [-0.15, -0.1) is 12.4 Å². The zero-order valence-corrected chi connectivity index (χ0v) is 9.31. The standard InChI is InChI=1S/C8H17NO3.ClH/c1-8(2,3)12-5-6(9)7(10)11-4;/h6H,5,9H2,1-4H3;1H/t6-;/m0./s1. The number of methoxy groups -OCH3 is 1. The summed E-state index contributed by atoms with van der Waals surface area (Å²) in [7, 11) is 1.30. The molecular weight excluding hydrogens is 194 g/mol. The van der Waals surface area contributed by atoms with Gasteiger partial charge in [-0.3, -0.25) is 4.79 Å². The molecule has 0 saturated heterocycles. The fourth-order valence-electron chi connectivity index (χ4n) is 0.559. The molecule has 0 heterocycles. The van der Waals surface area contributed by atoms with Gasteiger partial charge in [0.2, 0.25) is 0 Å². The van der Waals surface area contributed by atoms with E-state index in [0.717, 1.165) is 0 Å². The summed E-state index contributed by atoms with van der Waals surface area (Å²) >= 11 is 0. The van der Waals surface area contributed by atoms with Crippen molar-refractivity contribution in [2.45, 2.75) is 32.4 Å². The first-order valence-electron chi connectivity index (χ1n) is 3.84. The molecule has 0 aromatic carbocycles. The molecule has 0 saturated carbocycles. The number of ether oxygens (including phenoxy) is 2. The lowest BCUT2D eigenvalue weighted by Crippen LogP contribution is -2.38. The van der Waals surface area contributed by atoms with Crippen LogP contribution in [-0.4, -0.2) is 31.3 Å². The van der Waals surface area contributed by atoms with E-state index in [1.165, 1.54) is 7.11 Å². The molecule has 0 spiro atoms. The molecule has 4 nitrogen and oxygen atoms in total. The molecule has 0 radical (unpaired) electrons. The topological polar surface area (TPSA) is 61.5 Å². The number of esters is 1. The molecule has 2 N–H and O–H groups in total. The minimum atomic E-state index is -0.686. The number of nitrogens with two attached hydrogens (primary N) is 1. The van der Waals surface area contributed by atoms with E-state index in [2.05, 4.69) is 4.74 Å². The van der Waals surface area contributed by atoms with Crippen molar-refractivity contribution in [2.75, 3.05) is 13.7 Å². The van der Waals surface area contributed by atoms with Crippen molar-refractivity contribution in [3.05, 3.63) is 0 Å². The van der Waals surface area contributed by atoms with E-state index in [0.29, 0.717) is 0 Å². The lowest BCUT2D eigenvalue weighted by atomic mass is 10.2. The Morgan fingerprint density at radius 2 is 1.92 bits per heavy atom. The smallest absolute Gasteiger partial charge is 0.325 e. The third-order valence-electron chi connectivity index (χ3n) is 1.20. The molecule has 1 atom stereocenters. The zero-order chi connectivity index (χ0) is 9.78. The van der Waals surface area contributed by atoms with E-state index in [1.54, 1.807) is 0 Å². The van der Waals surface area contributed by atoms with Crippen molar-refractivity contribution in [3.8, 4) is 0 Å². The van der Waals surface area contributed by atoms with Gasteiger partial charge in [-0.2, -0.15) is 0 Å². The summed E-state index contributed by atoms with van der Waals surface area (Å²) < 4.78 is 9.72. The number of rotatable bonds is 3. The molecule has 0 aromatic heterocycles. The van der Waals surface area contributed by atoms with Crippen LogP contribution in [0.15, 0.2) is 0 Å². The van der Waals surface area contributed by atoms with Gasteiger partial charge in [0.05, 0.1) is 19.3 Å². The Morgan fingerprint density at radius 3 is 2.23 bits per heavy atom. The van der Waals surface area contributed by atoms with E-state index >= 15 is 0 Å². The minimum absolute atomic E-state index is 0. The monoisotopic (exact) mass is 211 g/mol. The second kappa shape index (κ2) is 6.18. The SMILES string of the molecule is COC(=O)[C@@H](N)COC(C)(C)C.Cl. The number of carbonyl (C=O) groups is 1. The van der Waals surface area contributed by atoms with E-state index in [1.807, 2.05) is 20.8 Å². The van der Waals surface area contributed by atoms with Gasteiger partial charge in [0.25, 0.3) is 0 Å². The summed E-state index contributed by atoms with van der Waals surface area (Å²) in [6.45, 7) is 5.89. The second-order valence-electron chi connectivity index (χ2n) is 3.55. The van der Waals surface area contributed by atoms with Gasteiger partial charge >= 0.3 is 5.97 Å². The Labute approximate surface area is 85.2 Å². The molecule has 0 amide bonds. The predicted octanol–water partition coefficient (Wildman–Crippen LogP) is 0.724. The maximum absolute atomic E-state index is 10.8. The average molecular weight is 212 g/mol. The molecule has 0 aliphatic heterocycles. The molecule has 13 heavy (non-hydrogen) atoms. The number of hydrogen-bond acceptors (Lipinski definition) is 4. The van der Waals surface area contributed by atoms with Crippen molar-refractivity contribution in [2.24, 2.45) is 5.73 Å². The summed E-state index contributed by atoms with van der Waals surface area (Å²) in [6, 6.07) is -0.686. The van der Waals surface area contributed by atoms with Gasteiger partial charge in [-0.25, -0.2) is 0 Å². The van der Waals surface area contributed by atoms with Crippen LogP contribution in [-0.2, 0) is 14.3 Å². The fraction of sp³-hybridized carbons (Fsp3) is 0.875. The van der Waals surface area contributed by atoms with Crippen molar-refractivity contribution >= 4 is 18.4 Å². The van der Waals surface area contributed by atoms with E-state index in [4.69, 9.17) is 10.5 Å². The predicted molar refractivity (Wildman–Crippen MR) is 52.9 cm³/mol. The number of hydrogen-bond donors (Lipinski definition) is 1. The third-order valence-corrected chi connectivity index (χ3v) is 1.20. The second-order valence-corrected chi connectivity index (χ2v) is 3.55. The van der Waals surface area contributed by atoms with Crippen molar-refractivity contribution in [1.82, 2.24) is 0 Å². The van der Waals surface area contributed by atoms with Crippen LogP contribution in [0.1, 0.15) is 20.8 Å². The third kappa shape index (κ3) is 8.02. The Balaban J connectivity index is 0. The highest BCUT2D eigenvalue weighted by molar-refractivity contribution is 5.85. The molecule has 0 rings (SSSR count). The van der Waals surface area contributed by atoms with Crippen LogP contribution < -0.4 is 5.73 Å². The van der Waals surface area contributed by atoms with Crippen LogP contribution in [0.5, 0.6) is 0 Å². The summed E-state index contributed by atoms with van der Waals surface area (Å²) in [4.78, 5) is 10.8. The molecule has 0 aromatic rings. The highest BCUT2D eigenvalue weighted by Crippen LogP contribution is 2.06. The van der Waals surface area contributed by atoms with Crippen LogP contribution in [0.3, 0.4) is 0 Å². The first kappa shape index (κ1) is 15.2. The van der Waals surface area contributed by atoms with Gasteiger partial charge in [0.15, 0.2) is 0 Å². The molecule has 0 unspecified atom stereocenters. The Kier molecular flexibility index (Phi) is 7.21. The normalized spacial score (nSPS) is 13.0. The van der Waals surface area contributed by atoms with Gasteiger partial charge < -0.3 is 15.2 Å². The quantitative estimate of drug-likeness (QED) is 0.699. The molecule has 0 aliphatic carbocycles. The average Bonchev–Trinajstić information content (AvgIpc) is 1.97. The van der Waals surface area contributed by atoms with Crippen molar-refractivity contribution in [1.29, 1.82) is 0 Å². The first-order valence-corrected chi connectivity index (χ1v) is 3.84. The lowest BCUT2D eigenvalue weighted by molar-refractivity contribution is -0.145. The van der Waals surface area contributed by atoms with E-state index in [9.17, 15) is 4.79 Å². The maximum atomic E-state index is 10.8. The lowest BCUT2D eigenvalue weighted by Gasteiger charge is -2.21. The Bertz CT molecular complexity index is 156. The van der Waals surface area contributed by atoms with Gasteiger partial charge in [-0.1, -0.05) is 0 Å². The van der Waals surface area contributed by atoms with Crippen LogP contribution >= 0.6 is 12.4 Å². The minimum Gasteiger partial charge on any atom is -0.468 e. The summed E-state index contributed by atoms with van der Waals surface area (Å²) in [5.74, 6) is -0.445. The molecule has 0 bridgehead atoms. The number of carbonyl (C=O) groups excluding carboxylic acids is 1. The van der Waals surface area contributed by atoms with Crippen LogP contribution in [0.2, 0.25) is 0 Å². The molecular formula is C8H18ClNO3. The maximum Gasteiger partial charge on any atom is 0.325 e. The van der Waals surface area contributed by atoms with Crippen LogP contribution in [0.4, 0.5) is 0 Å². The highest BCUT2D eigenvalue weighted by atomic mass is 35.5. The van der Waals surface area contributed by atoms with E-state index in [-0.39, 0.29) is 24.6 Å². The van der Waals surface area contributed by atoms with Gasteiger partial charge in [-0.05, 0) is 20.8 Å². The number of halogens is 1. The zero-order valence-electron chi connectivity index (χ0n) is 8.49. The van der Waals surface area contributed by atoms with Crippen LogP contribution in [0.25, 0.3) is 0 Å². The summed E-state index contributed by atoms with van der Waals surface area (Å²) in [5.41, 5.74) is 5.16. The summed E-state index contributed by atoms with van der Waals surface area (Å²) in [6.07, 6.45) is 0. The largest absolute Gasteiger partial charge is 0.468 e. The van der Waals surface area contributed by atoms with Crippen molar-refractivity contribution in [3.63, 3.8) is 0 Å². The molecule has 0 fully saturated rings. The fourth-order valence-corrected chi connectivity index (χ4v) is 0.559. The van der Waals surface area contributed by atoms with Gasteiger partial charge in [0, 0.05) is 0 Å².